The summed E-state index contributed by atoms with van der Waals surface area (Å²) in [5, 5.41) is 4.64. The van der Waals surface area contributed by atoms with Crippen LogP contribution < -0.4 is 4.90 Å². The molecule has 0 spiro atoms. The molecule has 9 rings (SSSR count). The molecule has 0 aliphatic heterocycles. The van der Waals surface area contributed by atoms with Crippen LogP contribution in [0.15, 0.2) is 156 Å². The monoisotopic (exact) mass is 577 g/mol. The van der Waals surface area contributed by atoms with E-state index in [-0.39, 0.29) is 5.41 Å². The van der Waals surface area contributed by atoms with Gasteiger partial charge in [0.15, 0.2) is 5.58 Å². The van der Waals surface area contributed by atoms with Gasteiger partial charge in [0.1, 0.15) is 5.58 Å². The number of fused-ring (bicyclic) bond motifs is 7. The van der Waals surface area contributed by atoms with Gasteiger partial charge < -0.3 is 9.32 Å². The quantitative estimate of drug-likeness (QED) is 0.207. The molecule has 0 saturated heterocycles. The van der Waals surface area contributed by atoms with E-state index < -0.39 is 0 Å². The zero-order valence-electron chi connectivity index (χ0n) is 25.3. The molecular formula is C43H31NO. The summed E-state index contributed by atoms with van der Waals surface area (Å²) in [7, 11) is 0. The highest BCUT2D eigenvalue weighted by atomic mass is 16.3. The standard InChI is InChI=1S/C43H31NO/c1-43(2)37-17-7-5-14-33(37)34-26-23-30(27-38(34)43)28-21-24-31(25-22-28)44(39-18-9-12-29-11-3-4-13-32(29)39)40-19-10-16-36-35-15-6-8-20-41(35)45-42(36)40/h3-27H,1-2H3. The molecule has 0 unspecified atom stereocenters. The van der Waals surface area contributed by atoms with E-state index in [0.717, 1.165) is 39.0 Å². The van der Waals surface area contributed by atoms with Gasteiger partial charge in [-0.2, -0.15) is 0 Å². The van der Waals surface area contributed by atoms with E-state index in [9.17, 15) is 0 Å². The molecule has 8 aromatic rings. The van der Waals surface area contributed by atoms with E-state index in [4.69, 9.17) is 4.42 Å². The largest absolute Gasteiger partial charge is 0.454 e. The summed E-state index contributed by atoms with van der Waals surface area (Å²) in [6.07, 6.45) is 0. The van der Waals surface area contributed by atoms with Gasteiger partial charge in [0, 0.05) is 27.3 Å². The van der Waals surface area contributed by atoms with Crippen molar-refractivity contribution in [3.05, 3.63) is 163 Å². The van der Waals surface area contributed by atoms with Gasteiger partial charge in [0.25, 0.3) is 0 Å². The molecule has 214 valence electrons. The Hall–Kier alpha value is -5.60. The molecular weight excluding hydrogens is 546 g/mol. The summed E-state index contributed by atoms with van der Waals surface area (Å²) < 4.78 is 6.56. The Morgan fingerprint density at radius 1 is 0.489 bits per heavy atom. The van der Waals surface area contributed by atoms with Crippen LogP contribution in [0, 0.1) is 0 Å². The van der Waals surface area contributed by atoms with Crippen LogP contribution in [0.3, 0.4) is 0 Å². The maximum Gasteiger partial charge on any atom is 0.159 e. The summed E-state index contributed by atoms with van der Waals surface area (Å²) >= 11 is 0. The SMILES string of the molecule is CC1(C)c2ccccc2-c2ccc(-c3ccc(N(c4cccc5ccccc45)c4cccc5c4oc4ccccc45)cc3)cc21. The summed E-state index contributed by atoms with van der Waals surface area (Å²) in [5.74, 6) is 0. The minimum absolute atomic E-state index is 0.0295. The second-order valence-electron chi connectivity index (χ2n) is 12.6. The minimum atomic E-state index is -0.0295. The first-order valence-electron chi connectivity index (χ1n) is 15.6. The van der Waals surface area contributed by atoms with Crippen LogP contribution in [0.25, 0.3) is 55.0 Å². The van der Waals surface area contributed by atoms with E-state index in [1.165, 1.54) is 44.2 Å². The van der Waals surface area contributed by atoms with E-state index in [0.29, 0.717) is 0 Å². The maximum absolute atomic E-state index is 6.56. The van der Waals surface area contributed by atoms with E-state index in [2.05, 4.69) is 158 Å². The lowest BCUT2D eigenvalue weighted by Crippen LogP contribution is -2.14. The molecule has 0 N–H and O–H groups in total. The molecule has 7 aromatic carbocycles. The first kappa shape index (κ1) is 25.9. The molecule has 0 saturated carbocycles. The Balaban J connectivity index is 1.20. The third-order valence-electron chi connectivity index (χ3n) is 9.67. The van der Waals surface area contributed by atoms with E-state index in [1.807, 2.05) is 12.1 Å². The van der Waals surface area contributed by atoms with Gasteiger partial charge in [0.05, 0.1) is 11.4 Å². The highest BCUT2D eigenvalue weighted by molar-refractivity contribution is 6.11. The zero-order chi connectivity index (χ0) is 30.1. The molecule has 0 atom stereocenters. The van der Waals surface area contributed by atoms with Gasteiger partial charge in [-0.3, -0.25) is 0 Å². The van der Waals surface area contributed by atoms with Crippen LogP contribution in [0.1, 0.15) is 25.0 Å². The molecule has 0 fully saturated rings. The second-order valence-corrected chi connectivity index (χ2v) is 12.6. The maximum atomic E-state index is 6.56. The van der Waals surface area contributed by atoms with Crippen molar-refractivity contribution in [1.82, 2.24) is 0 Å². The number of hydrogen-bond donors (Lipinski definition) is 0. The topological polar surface area (TPSA) is 16.4 Å². The summed E-state index contributed by atoms with van der Waals surface area (Å²) in [5.41, 5.74) is 12.9. The lowest BCUT2D eigenvalue weighted by molar-refractivity contribution is 0.660. The van der Waals surface area contributed by atoms with Crippen LogP contribution in [0.4, 0.5) is 17.1 Å². The minimum Gasteiger partial charge on any atom is -0.454 e. The van der Waals surface area contributed by atoms with Gasteiger partial charge >= 0.3 is 0 Å². The summed E-state index contributed by atoms with van der Waals surface area (Å²) in [4.78, 5) is 2.35. The van der Waals surface area contributed by atoms with Crippen LogP contribution >= 0.6 is 0 Å². The van der Waals surface area contributed by atoms with Crippen LogP contribution in [-0.2, 0) is 5.41 Å². The highest BCUT2D eigenvalue weighted by Crippen LogP contribution is 2.50. The summed E-state index contributed by atoms with van der Waals surface area (Å²) in [6.45, 7) is 4.68. The molecule has 2 heteroatoms. The van der Waals surface area contributed by atoms with Crippen molar-refractivity contribution in [3.8, 4) is 22.3 Å². The van der Waals surface area contributed by atoms with Gasteiger partial charge in [-0.1, -0.05) is 129 Å². The third-order valence-corrected chi connectivity index (χ3v) is 9.67. The van der Waals surface area contributed by atoms with Crippen molar-refractivity contribution < 1.29 is 4.42 Å². The Labute approximate surface area is 262 Å². The molecule has 0 radical (unpaired) electrons. The number of furan rings is 1. The lowest BCUT2D eigenvalue weighted by atomic mass is 9.81. The first-order valence-corrected chi connectivity index (χ1v) is 15.6. The molecule has 1 aromatic heterocycles. The van der Waals surface area contributed by atoms with E-state index in [1.54, 1.807) is 0 Å². The number of hydrogen-bond acceptors (Lipinski definition) is 2. The second kappa shape index (κ2) is 9.70. The smallest absolute Gasteiger partial charge is 0.159 e. The predicted molar refractivity (Wildman–Crippen MR) is 189 cm³/mol. The fraction of sp³-hybridized carbons (Fsp3) is 0.0698. The van der Waals surface area contributed by atoms with Crippen molar-refractivity contribution in [2.75, 3.05) is 4.90 Å². The third kappa shape index (κ3) is 3.89. The van der Waals surface area contributed by atoms with Crippen molar-refractivity contribution >= 4 is 49.8 Å². The highest BCUT2D eigenvalue weighted by Gasteiger charge is 2.35. The zero-order valence-corrected chi connectivity index (χ0v) is 25.3. The predicted octanol–water partition coefficient (Wildman–Crippen LogP) is 12.2. The Kier molecular flexibility index (Phi) is 5.58. The van der Waals surface area contributed by atoms with Gasteiger partial charge in [0.2, 0.25) is 0 Å². The average molecular weight is 578 g/mol. The fourth-order valence-electron chi connectivity index (χ4n) is 7.41. The number of anilines is 3. The Morgan fingerprint density at radius 2 is 1.13 bits per heavy atom. The Bertz CT molecular complexity index is 2410. The number of benzene rings is 7. The van der Waals surface area contributed by atoms with Crippen LogP contribution in [0.2, 0.25) is 0 Å². The molecule has 1 heterocycles. The van der Waals surface area contributed by atoms with Crippen molar-refractivity contribution in [1.29, 1.82) is 0 Å². The number of nitrogens with zero attached hydrogens (tertiary/aromatic N) is 1. The molecule has 1 aliphatic carbocycles. The molecule has 1 aliphatic rings. The molecule has 0 amide bonds. The van der Waals surface area contributed by atoms with Crippen molar-refractivity contribution in [2.45, 2.75) is 19.3 Å². The summed E-state index contributed by atoms with van der Waals surface area (Å²) in [6, 6.07) is 54.6. The Morgan fingerprint density at radius 3 is 2.02 bits per heavy atom. The number of rotatable bonds is 4. The normalized spacial score (nSPS) is 13.3. The van der Waals surface area contributed by atoms with Crippen LogP contribution in [-0.4, -0.2) is 0 Å². The first-order chi connectivity index (χ1) is 22.1. The fourth-order valence-corrected chi connectivity index (χ4v) is 7.41. The van der Waals surface area contributed by atoms with E-state index >= 15 is 0 Å². The van der Waals surface area contributed by atoms with Crippen molar-refractivity contribution in [3.63, 3.8) is 0 Å². The number of para-hydroxylation sites is 2. The van der Waals surface area contributed by atoms with Gasteiger partial charge in [-0.05, 0) is 75.2 Å². The van der Waals surface area contributed by atoms with Crippen molar-refractivity contribution in [2.24, 2.45) is 0 Å². The molecule has 0 bridgehead atoms. The lowest BCUT2D eigenvalue weighted by Gasteiger charge is -2.27. The van der Waals surface area contributed by atoms with Crippen LogP contribution in [0.5, 0.6) is 0 Å². The van der Waals surface area contributed by atoms with Gasteiger partial charge in [-0.15, -0.1) is 0 Å². The molecule has 45 heavy (non-hydrogen) atoms. The van der Waals surface area contributed by atoms with Gasteiger partial charge in [-0.25, -0.2) is 0 Å². The average Bonchev–Trinajstić information content (AvgIpc) is 3.58. The molecule has 2 nitrogen and oxygen atoms in total.